The Bertz CT molecular complexity index is 1460. The lowest BCUT2D eigenvalue weighted by atomic mass is 10.0. The van der Waals surface area contributed by atoms with Crippen molar-refractivity contribution in [3.05, 3.63) is 75.7 Å². The zero-order valence-electron chi connectivity index (χ0n) is 20.4. The Morgan fingerprint density at radius 1 is 1.11 bits per heavy atom. The summed E-state index contributed by atoms with van der Waals surface area (Å²) in [5.74, 6) is 1.25. The molecule has 0 atom stereocenters. The first-order chi connectivity index (χ1) is 17.7. The van der Waals surface area contributed by atoms with Gasteiger partial charge < -0.3 is 14.2 Å². The van der Waals surface area contributed by atoms with Gasteiger partial charge >= 0.3 is 6.36 Å². The molecular weight excluding hydrogens is 505 g/mol. The zero-order chi connectivity index (χ0) is 26.6. The SMILES string of the molecule is COc1cccc(C=Cc2nc3sccn3c(=O)c2-c2ccc(OC(F)(F)F)cc2)c1OCCC(C)C. The Labute approximate surface area is 215 Å². The number of hydrogen-bond donors (Lipinski definition) is 0. The highest BCUT2D eigenvalue weighted by Crippen LogP contribution is 2.33. The minimum absolute atomic E-state index is 0.246. The number of thiazole rings is 1. The monoisotopic (exact) mass is 530 g/mol. The molecule has 0 spiro atoms. The van der Waals surface area contributed by atoms with E-state index in [0.717, 1.165) is 12.0 Å². The molecule has 194 valence electrons. The van der Waals surface area contributed by atoms with Crippen LogP contribution < -0.4 is 19.8 Å². The minimum Gasteiger partial charge on any atom is -0.493 e. The van der Waals surface area contributed by atoms with E-state index in [-0.39, 0.29) is 16.9 Å². The van der Waals surface area contributed by atoms with E-state index in [0.29, 0.717) is 40.2 Å². The highest BCUT2D eigenvalue weighted by molar-refractivity contribution is 7.15. The summed E-state index contributed by atoms with van der Waals surface area (Å²) in [6.07, 6.45) is 1.14. The third-order valence-electron chi connectivity index (χ3n) is 5.46. The fourth-order valence-corrected chi connectivity index (χ4v) is 4.37. The minimum atomic E-state index is -4.81. The number of alkyl halides is 3. The van der Waals surface area contributed by atoms with E-state index in [1.54, 1.807) is 36.9 Å². The number of methoxy groups -OCH3 is 1. The predicted molar refractivity (Wildman–Crippen MR) is 138 cm³/mol. The molecule has 0 aliphatic rings. The summed E-state index contributed by atoms with van der Waals surface area (Å²) in [6.45, 7) is 4.73. The lowest BCUT2D eigenvalue weighted by molar-refractivity contribution is -0.274. The molecule has 6 nitrogen and oxygen atoms in total. The van der Waals surface area contributed by atoms with E-state index in [1.165, 1.54) is 40.0 Å². The van der Waals surface area contributed by atoms with Gasteiger partial charge in [-0.2, -0.15) is 0 Å². The van der Waals surface area contributed by atoms with Crippen LogP contribution in [0.1, 0.15) is 31.5 Å². The zero-order valence-corrected chi connectivity index (χ0v) is 21.2. The maximum absolute atomic E-state index is 13.3. The van der Waals surface area contributed by atoms with Crippen molar-refractivity contribution in [2.45, 2.75) is 26.6 Å². The third kappa shape index (κ3) is 6.32. The quantitative estimate of drug-likeness (QED) is 0.235. The number of fused-ring (bicyclic) bond motifs is 1. The van der Waals surface area contributed by atoms with Gasteiger partial charge in [0.15, 0.2) is 16.5 Å². The molecule has 4 aromatic rings. The Hall–Kier alpha value is -3.79. The van der Waals surface area contributed by atoms with E-state index in [4.69, 9.17) is 9.47 Å². The number of hydrogen-bond acceptors (Lipinski definition) is 6. The molecule has 0 saturated carbocycles. The van der Waals surface area contributed by atoms with Crippen LogP contribution in [0.4, 0.5) is 13.2 Å². The van der Waals surface area contributed by atoms with Gasteiger partial charge in [-0.3, -0.25) is 9.20 Å². The van der Waals surface area contributed by atoms with Gasteiger partial charge in [0.1, 0.15) is 5.75 Å². The van der Waals surface area contributed by atoms with Crippen molar-refractivity contribution in [3.63, 3.8) is 0 Å². The van der Waals surface area contributed by atoms with Crippen LogP contribution >= 0.6 is 11.3 Å². The Balaban J connectivity index is 1.76. The topological polar surface area (TPSA) is 62.1 Å². The van der Waals surface area contributed by atoms with E-state index in [9.17, 15) is 18.0 Å². The number of para-hydroxylation sites is 1. The first-order valence-corrected chi connectivity index (χ1v) is 12.4. The van der Waals surface area contributed by atoms with Crippen LogP contribution in [0.2, 0.25) is 0 Å². The average Bonchev–Trinajstić information content (AvgIpc) is 3.32. The van der Waals surface area contributed by atoms with Crippen molar-refractivity contribution in [2.24, 2.45) is 5.92 Å². The Morgan fingerprint density at radius 3 is 2.54 bits per heavy atom. The fraction of sp³-hybridized carbons (Fsp3) is 0.259. The molecule has 0 fully saturated rings. The highest BCUT2D eigenvalue weighted by atomic mass is 32.1. The lowest BCUT2D eigenvalue weighted by Gasteiger charge is -2.14. The van der Waals surface area contributed by atoms with Crippen molar-refractivity contribution < 1.29 is 27.4 Å². The fourth-order valence-electron chi connectivity index (χ4n) is 3.66. The van der Waals surface area contributed by atoms with Crippen molar-refractivity contribution in [3.8, 4) is 28.4 Å². The molecule has 0 unspecified atom stereocenters. The number of aromatic nitrogens is 2. The summed E-state index contributed by atoms with van der Waals surface area (Å²) in [7, 11) is 1.57. The van der Waals surface area contributed by atoms with E-state index in [1.807, 2.05) is 12.1 Å². The van der Waals surface area contributed by atoms with Gasteiger partial charge in [-0.05, 0) is 48.3 Å². The first kappa shape index (κ1) is 26.3. The standard InChI is InChI=1S/C27H25F3N2O4S/c1-17(2)13-15-35-24-19(5-4-6-22(24)34-3)9-12-21-23(25(33)32-14-16-37-26(32)31-21)18-7-10-20(11-8-18)36-27(28,29)30/h4-12,14,16-17H,13,15H2,1-3H3. The van der Waals surface area contributed by atoms with Crippen molar-refractivity contribution in [2.75, 3.05) is 13.7 Å². The summed E-state index contributed by atoms with van der Waals surface area (Å²) >= 11 is 1.30. The van der Waals surface area contributed by atoms with Gasteiger partial charge in [0.05, 0.1) is 25.0 Å². The predicted octanol–water partition coefficient (Wildman–Crippen LogP) is 6.93. The van der Waals surface area contributed by atoms with Crippen LogP contribution in [0, 0.1) is 5.92 Å². The summed E-state index contributed by atoms with van der Waals surface area (Å²) < 4.78 is 54.6. The molecule has 4 rings (SSSR count). The Kier molecular flexibility index (Phi) is 7.87. The first-order valence-electron chi connectivity index (χ1n) is 11.5. The third-order valence-corrected chi connectivity index (χ3v) is 6.22. The molecule has 37 heavy (non-hydrogen) atoms. The number of halogens is 3. The maximum Gasteiger partial charge on any atom is 0.573 e. The largest absolute Gasteiger partial charge is 0.573 e. The summed E-state index contributed by atoms with van der Waals surface area (Å²) in [4.78, 5) is 18.5. The second-order valence-electron chi connectivity index (χ2n) is 8.55. The molecule has 10 heteroatoms. The number of rotatable bonds is 9. The maximum atomic E-state index is 13.3. The smallest absolute Gasteiger partial charge is 0.493 e. The highest BCUT2D eigenvalue weighted by Gasteiger charge is 2.31. The van der Waals surface area contributed by atoms with Crippen LogP contribution in [0.15, 0.2) is 58.8 Å². The normalized spacial score (nSPS) is 12.0. The molecular formula is C27H25F3N2O4S. The van der Waals surface area contributed by atoms with Crippen LogP contribution in [0.5, 0.6) is 17.2 Å². The molecule has 2 aromatic carbocycles. The number of ether oxygens (including phenoxy) is 3. The van der Waals surface area contributed by atoms with E-state index < -0.39 is 6.36 Å². The van der Waals surface area contributed by atoms with Crippen molar-refractivity contribution in [1.82, 2.24) is 9.38 Å². The van der Waals surface area contributed by atoms with Crippen molar-refractivity contribution in [1.29, 1.82) is 0 Å². The van der Waals surface area contributed by atoms with Gasteiger partial charge in [-0.25, -0.2) is 4.98 Å². The summed E-state index contributed by atoms with van der Waals surface area (Å²) in [6, 6.07) is 10.6. The second kappa shape index (κ2) is 11.1. The van der Waals surface area contributed by atoms with Crippen LogP contribution in [-0.4, -0.2) is 29.5 Å². The lowest BCUT2D eigenvalue weighted by Crippen LogP contribution is -2.18. The average molecular weight is 531 g/mol. The molecule has 0 saturated heterocycles. The second-order valence-corrected chi connectivity index (χ2v) is 9.42. The van der Waals surface area contributed by atoms with E-state index in [2.05, 4.69) is 23.6 Å². The van der Waals surface area contributed by atoms with Crippen LogP contribution in [-0.2, 0) is 0 Å². The molecule has 0 amide bonds. The number of nitrogens with zero attached hydrogens (tertiary/aromatic N) is 2. The molecule has 2 heterocycles. The molecule has 0 radical (unpaired) electrons. The molecule has 0 aliphatic carbocycles. The molecule has 0 aliphatic heterocycles. The van der Waals surface area contributed by atoms with Gasteiger partial charge in [-0.15, -0.1) is 24.5 Å². The van der Waals surface area contributed by atoms with Gasteiger partial charge in [0.25, 0.3) is 5.56 Å². The number of benzene rings is 2. The summed E-state index contributed by atoms with van der Waals surface area (Å²) in [5, 5.41) is 1.74. The summed E-state index contributed by atoms with van der Waals surface area (Å²) in [5.41, 5.74) is 1.42. The van der Waals surface area contributed by atoms with E-state index >= 15 is 0 Å². The van der Waals surface area contributed by atoms with Gasteiger partial charge in [0, 0.05) is 17.1 Å². The molecule has 0 bridgehead atoms. The van der Waals surface area contributed by atoms with Gasteiger partial charge in [0.2, 0.25) is 0 Å². The molecule has 0 N–H and O–H groups in total. The molecule has 2 aromatic heterocycles. The van der Waals surface area contributed by atoms with Crippen LogP contribution in [0.25, 0.3) is 28.2 Å². The van der Waals surface area contributed by atoms with Crippen LogP contribution in [0.3, 0.4) is 0 Å². The Morgan fingerprint density at radius 2 is 1.86 bits per heavy atom. The van der Waals surface area contributed by atoms with Crippen molar-refractivity contribution >= 4 is 28.4 Å². The van der Waals surface area contributed by atoms with Gasteiger partial charge in [-0.1, -0.05) is 38.1 Å².